The number of carbonyl (C=O) groups is 2. The largest absolute Gasteiger partial charge is 0.338 e. The van der Waals surface area contributed by atoms with Gasteiger partial charge in [-0.25, -0.2) is 0 Å². The minimum atomic E-state index is 0.0933. The van der Waals surface area contributed by atoms with E-state index in [1.165, 1.54) is 6.42 Å². The van der Waals surface area contributed by atoms with E-state index >= 15 is 0 Å². The molecule has 1 heterocycles. The van der Waals surface area contributed by atoms with Gasteiger partial charge < -0.3 is 10.2 Å². The average Bonchev–Trinajstić information content (AvgIpc) is 2.48. The fourth-order valence-electron chi connectivity index (χ4n) is 2.54. The molecule has 1 fully saturated rings. The summed E-state index contributed by atoms with van der Waals surface area (Å²) in [5.74, 6) is 0.726. The Kier molecular flexibility index (Phi) is 4.55. The van der Waals surface area contributed by atoms with E-state index in [4.69, 9.17) is 0 Å². The maximum atomic E-state index is 12.4. The highest BCUT2D eigenvalue weighted by molar-refractivity contribution is 5.94. The Labute approximate surface area is 113 Å². The maximum absolute atomic E-state index is 12.4. The number of carbonyl (C=O) groups excluding carboxylic acids is 2. The van der Waals surface area contributed by atoms with Crippen LogP contribution in [0.2, 0.25) is 0 Å². The summed E-state index contributed by atoms with van der Waals surface area (Å²) in [6.07, 6.45) is 4.08. The van der Waals surface area contributed by atoms with Crippen LogP contribution >= 0.6 is 0 Å². The van der Waals surface area contributed by atoms with Crippen molar-refractivity contribution in [3.8, 4) is 0 Å². The van der Waals surface area contributed by atoms with Crippen LogP contribution in [0.25, 0.3) is 0 Å². The Morgan fingerprint density at radius 1 is 1.42 bits per heavy atom. The molecule has 0 bridgehead atoms. The lowest BCUT2D eigenvalue weighted by Gasteiger charge is -2.32. The molecule has 1 unspecified atom stereocenters. The van der Waals surface area contributed by atoms with Gasteiger partial charge in [0.05, 0.1) is 0 Å². The first kappa shape index (κ1) is 13.6. The van der Waals surface area contributed by atoms with Crippen molar-refractivity contribution in [1.29, 1.82) is 0 Å². The second-order valence-electron chi connectivity index (χ2n) is 5.01. The summed E-state index contributed by atoms with van der Waals surface area (Å²) >= 11 is 0. The monoisotopic (exact) mass is 260 g/mol. The summed E-state index contributed by atoms with van der Waals surface area (Å²) < 4.78 is 0. The highest BCUT2D eigenvalue weighted by Crippen LogP contribution is 2.21. The smallest absolute Gasteiger partial charge is 0.253 e. The zero-order chi connectivity index (χ0) is 13.7. The molecule has 1 N–H and O–H groups in total. The number of likely N-dealkylation sites (tertiary alicyclic amines) is 1. The van der Waals surface area contributed by atoms with Crippen molar-refractivity contribution in [3.63, 3.8) is 0 Å². The SMILES string of the molecule is CCC1CCCN(C(=O)c2ccc(NC=O)cc2)C1. The molecule has 1 aliphatic heterocycles. The van der Waals surface area contributed by atoms with Crippen LogP contribution in [0, 0.1) is 5.92 Å². The molecule has 0 saturated carbocycles. The highest BCUT2D eigenvalue weighted by Gasteiger charge is 2.23. The molecule has 0 aliphatic carbocycles. The molecular formula is C15H20N2O2. The third-order valence-corrected chi connectivity index (χ3v) is 3.74. The fraction of sp³-hybridized carbons (Fsp3) is 0.467. The molecule has 19 heavy (non-hydrogen) atoms. The van der Waals surface area contributed by atoms with E-state index in [2.05, 4.69) is 12.2 Å². The average molecular weight is 260 g/mol. The van der Waals surface area contributed by atoms with Crippen molar-refractivity contribution in [3.05, 3.63) is 29.8 Å². The van der Waals surface area contributed by atoms with Crippen molar-refractivity contribution in [1.82, 2.24) is 4.90 Å². The van der Waals surface area contributed by atoms with Crippen LogP contribution in [0.15, 0.2) is 24.3 Å². The standard InChI is InChI=1S/C15H20N2O2/c1-2-12-4-3-9-17(10-12)15(19)13-5-7-14(8-6-13)16-11-18/h5-8,11-12H,2-4,9-10H2,1H3,(H,16,18). The summed E-state index contributed by atoms with van der Waals surface area (Å²) in [5.41, 5.74) is 1.39. The molecule has 1 aliphatic rings. The van der Waals surface area contributed by atoms with Gasteiger partial charge >= 0.3 is 0 Å². The second-order valence-corrected chi connectivity index (χ2v) is 5.01. The minimum Gasteiger partial charge on any atom is -0.338 e. The van der Waals surface area contributed by atoms with Gasteiger partial charge in [-0.1, -0.05) is 13.3 Å². The van der Waals surface area contributed by atoms with Gasteiger partial charge in [0.1, 0.15) is 0 Å². The molecule has 0 radical (unpaired) electrons. The van der Waals surface area contributed by atoms with Crippen LogP contribution in [0.1, 0.15) is 36.5 Å². The van der Waals surface area contributed by atoms with E-state index in [0.29, 0.717) is 23.6 Å². The number of nitrogens with zero attached hydrogens (tertiary/aromatic N) is 1. The van der Waals surface area contributed by atoms with Gasteiger partial charge in [0.15, 0.2) is 0 Å². The van der Waals surface area contributed by atoms with E-state index in [-0.39, 0.29) is 5.91 Å². The molecule has 2 amide bonds. The topological polar surface area (TPSA) is 49.4 Å². The Bertz CT molecular complexity index is 442. The first-order chi connectivity index (χ1) is 9.24. The number of hydrogen-bond donors (Lipinski definition) is 1. The zero-order valence-electron chi connectivity index (χ0n) is 11.3. The molecule has 1 aromatic carbocycles. The van der Waals surface area contributed by atoms with E-state index < -0.39 is 0 Å². The number of hydrogen-bond acceptors (Lipinski definition) is 2. The maximum Gasteiger partial charge on any atom is 0.253 e. The number of piperidine rings is 1. The lowest BCUT2D eigenvalue weighted by Crippen LogP contribution is -2.39. The minimum absolute atomic E-state index is 0.0933. The molecule has 102 valence electrons. The van der Waals surface area contributed by atoms with Crippen LogP contribution in [0.3, 0.4) is 0 Å². The number of rotatable bonds is 4. The van der Waals surface area contributed by atoms with E-state index in [1.807, 2.05) is 4.90 Å². The first-order valence-electron chi connectivity index (χ1n) is 6.84. The van der Waals surface area contributed by atoms with Gasteiger partial charge in [0.25, 0.3) is 5.91 Å². The summed E-state index contributed by atoms with van der Waals surface area (Å²) in [6, 6.07) is 7.04. The van der Waals surface area contributed by atoms with Crippen LogP contribution in [0.5, 0.6) is 0 Å². The van der Waals surface area contributed by atoms with Gasteiger partial charge in [-0.2, -0.15) is 0 Å². The van der Waals surface area contributed by atoms with E-state index in [0.717, 1.165) is 25.9 Å². The van der Waals surface area contributed by atoms with Gasteiger partial charge in [-0.05, 0) is 43.0 Å². The predicted molar refractivity (Wildman–Crippen MR) is 75.0 cm³/mol. The van der Waals surface area contributed by atoms with Gasteiger partial charge in [-0.15, -0.1) is 0 Å². The van der Waals surface area contributed by atoms with Crippen molar-refractivity contribution < 1.29 is 9.59 Å². The van der Waals surface area contributed by atoms with Crippen molar-refractivity contribution in [2.45, 2.75) is 26.2 Å². The molecule has 4 heteroatoms. The number of anilines is 1. The molecule has 4 nitrogen and oxygen atoms in total. The van der Waals surface area contributed by atoms with Crippen molar-refractivity contribution in [2.75, 3.05) is 18.4 Å². The summed E-state index contributed by atoms with van der Waals surface area (Å²) in [5, 5.41) is 2.56. The number of amides is 2. The van der Waals surface area contributed by atoms with Crippen molar-refractivity contribution in [2.24, 2.45) is 5.92 Å². The Morgan fingerprint density at radius 3 is 2.79 bits per heavy atom. The Balaban J connectivity index is 2.04. The third kappa shape index (κ3) is 3.34. The molecule has 1 saturated heterocycles. The molecule has 0 spiro atoms. The van der Waals surface area contributed by atoms with E-state index in [9.17, 15) is 9.59 Å². The van der Waals surface area contributed by atoms with E-state index in [1.54, 1.807) is 24.3 Å². The normalized spacial score (nSPS) is 19.0. The highest BCUT2D eigenvalue weighted by atomic mass is 16.2. The van der Waals surface area contributed by atoms with Crippen LogP contribution in [0.4, 0.5) is 5.69 Å². The molecule has 1 atom stereocenters. The van der Waals surface area contributed by atoms with Gasteiger partial charge in [0, 0.05) is 24.3 Å². The van der Waals surface area contributed by atoms with Gasteiger partial charge in [0.2, 0.25) is 6.41 Å². The number of nitrogens with one attached hydrogen (secondary N) is 1. The van der Waals surface area contributed by atoms with Crippen molar-refractivity contribution >= 4 is 18.0 Å². The molecular weight excluding hydrogens is 240 g/mol. The summed E-state index contributed by atoms with van der Waals surface area (Å²) in [6.45, 7) is 3.89. The number of benzene rings is 1. The summed E-state index contributed by atoms with van der Waals surface area (Å²) in [7, 11) is 0. The quantitative estimate of drug-likeness (QED) is 0.846. The molecule has 0 aromatic heterocycles. The Hall–Kier alpha value is -1.84. The van der Waals surface area contributed by atoms with Crippen LogP contribution < -0.4 is 5.32 Å². The first-order valence-corrected chi connectivity index (χ1v) is 6.84. The van der Waals surface area contributed by atoms with Crippen LogP contribution in [-0.2, 0) is 4.79 Å². The lowest BCUT2D eigenvalue weighted by atomic mass is 9.95. The van der Waals surface area contributed by atoms with Gasteiger partial charge in [-0.3, -0.25) is 9.59 Å². The summed E-state index contributed by atoms with van der Waals surface area (Å²) in [4.78, 5) is 24.6. The zero-order valence-corrected chi connectivity index (χ0v) is 11.3. The molecule has 2 rings (SSSR count). The Morgan fingerprint density at radius 2 is 2.16 bits per heavy atom. The molecule has 1 aromatic rings. The lowest BCUT2D eigenvalue weighted by molar-refractivity contribution is -0.105. The fourth-order valence-corrected chi connectivity index (χ4v) is 2.54. The predicted octanol–water partition coefficient (Wildman–Crippen LogP) is 2.52. The van der Waals surface area contributed by atoms with Crippen LogP contribution in [-0.4, -0.2) is 30.3 Å². The third-order valence-electron chi connectivity index (χ3n) is 3.74. The second kappa shape index (κ2) is 6.36.